The Bertz CT molecular complexity index is 689. The molecule has 0 spiro atoms. The maximum atomic E-state index is 11.9. The molecule has 28 heavy (non-hydrogen) atoms. The van der Waals surface area contributed by atoms with Gasteiger partial charge in [0.25, 0.3) is 0 Å². The zero-order valence-electron chi connectivity index (χ0n) is 16.9. The standard InChI is InChI=1S/C25H32O3/c1-2-3-4-5-6-7-8-12-20-27-24-17-15-22(16-18-24)19-21-28-25(26)23-13-10-9-11-14-23/h9-11,13-19,21H,2-8,12,20H2,1H3. The van der Waals surface area contributed by atoms with Crippen molar-refractivity contribution in [2.45, 2.75) is 58.3 Å². The van der Waals surface area contributed by atoms with Gasteiger partial charge in [-0.15, -0.1) is 0 Å². The van der Waals surface area contributed by atoms with E-state index in [1.165, 1.54) is 51.2 Å². The summed E-state index contributed by atoms with van der Waals surface area (Å²) in [5.74, 6) is 0.517. The highest BCUT2D eigenvalue weighted by Gasteiger charge is 2.03. The molecule has 0 unspecified atom stereocenters. The first-order valence-corrected chi connectivity index (χ1v) is 10.4. The van der Waals surface area contributed by atoms with E-state index >= 15 is 0 Å². The molecule has 3 nitrogen and oxygen atoms in total. The second-order valence-corrected chi connectivity index (χ2v) is 6.97. The van der Waals surface area contributed by atoms with Crippen molar-refractivity contribution in [2.75, 3.05) is 6.61 Å². The summed E-state index contributed by atoms with van der Waals surface area (Å²) in [7, 11) is 0. The summed E-state index contributed by atoms with van der Waals surface area (Å²) in [4.78, 5) is 11.9. The van der Waals surface area contributed by atoms with Crippen LogP contribution in [0.4, 0.5) is 0 Å². The Kier molecular flexibility index (Phi) is 10.6. The van der Waals surface area contributed by atoms with Gasteiger partial charge in [0.2, 0.25) is 0 Å². The van der Waals surface area contributed by atoms with Crippen LogP contribution in [0.25, 0.3) is 6.08 Å². The van der Waals surface area contributed by atoms with E-state index in [0.717, 1.165) is 24.3 Å². The fourth-order valence-electron chi connectivity index (χ4n) is 2.92. The quantitative estimate of drug-likeness (QED) is 0.212. The van der Waals surface area contributed by atoms with Crippen LogP contribution in [0.2, 0.25) is 0 Å². The monoisotopic (exact) mass is 380 g/mol. The molecular formula is C25H32O3. The molecule has 2 aromatic rings. The molecule has 0 heterocycles. The number of esters is 1. The molecular weight excluding hydrogens is 348 g/mol. The molecule has 3 heteroatoms. The van der Waals surface area contributed by atoms with Crippen LogP contribution < -0.4 is 4.74 Å². The van der Waals surface area contributed by atoms with E-state index in [1.54, 1.807) is 18.2 Å². The van der Waals surface area contributed by atoms with E-state index in [0.29, 0.717) is 5.56 Å². The summed E-state index contributed by atoms with van der Waals surface area (Å²) in [6.07, 6.45) is 13.6. The van der Waals surface area contributed by atoms with Crippen molar-refractivity contribution >= 4 is 12.0 Å². The third-order valence-corrected chi connectivity index (χ3v) is 4.59. The zero-order valence-corrected chi connectivity index (χ0v) is 16.9. The lowest BCUT2D eigenvalue weighted by Gasteiger charge is -2.06. The van der Waals surface area contributed by atoms with Gasteiger partial charge in [-0.25, -0.2) is 4.79 Å². The Labute approximate surface area is 169 Å². The summed E-state index contributed by atoms with van der Waals surface area (Å²) in [6.45, 7) is 3.01. The molecule has 0 aliphatic rings. The van der Waals surface area contributed by atoms with Crippen molar-refractivity contribution < 1.29 is 14.3 Å². The number of hydrogen-bond donors (Lipinski definition) is 0. The number of rotatable bonds is 13. The Hall–Kier alpha value is -2.55. The molecule has 0 saturated heterocycles. The van der Waals surface area contributed by atoms with E-state index in [-0.39, 0.29) is 5.97 Å². The van der Waals surface area contributed by atoms with Crippen LogP contribution in [0.1, 0.15) is 74.2 Å². The lowest BCUT2D eigenvalue weighted by atomic mass is 10.1. The van der Waals surface area contributed by atoms with E-state index in [9.17, 15) is 4.79 Å². The largest absolute Gasteiger partial charge is 0.494 e. The van der Waals surface area contributed by atoms with Gasteiger partial charge in [-0.05, 0) is 42.3 Å². The van der Waals surface area contributed by atoms with Crippen LogP contribution in [0.3, 0.4) is 0 Å². The normalized spacial score (nSPS) is 10.9. The van der Waals surface area contributed by atoms with Crippen LogP contribution in [0, 0.1) is 0 Å². The highest BCUT2D eigenvalue weighted by molar-refractivity contribution is 5.89. The molecule has 0 fully saturated rings. The molecule has 0 N–H and O–H groups in total. The second kappa shape index (κ2) is 13.6. The van der Waals surface area contributed by atoms with Gasteiger partial charge in [-0.3, -0.25) is 0 Å². The lowest BCUT2D eigenvalue weighted by Crippen LogP contribution is -1.99. The van der Waals surface area contributed by atoms with E-state index in [1.807, 2.05) is 42.5 Å². The zero-order chi connectivity index (χ0) is 19.9. The van der Waals surface area contributed by atoms with Crippen molar-refractivity contribution in [1.82, 2.24) is 0 Å². The third kappa shape index (κ3) is 8.90. The van der Waals surface area contributed by atoms with Crippen molar-refractivity contribution in [1.29, 1.82) is 0 Å². The van der Waals surface area contributed by atoms with Crippen molar-refractivity contribution in [2.24, 2.45) is 0 Å². The van der Waals surface area contributed by atoms with Gasteiger partial charge in [0, 0.05) is 0 Å². The number of carbonyl (C=O) groups is 1. The van der Waals surface area contributed by atoms with Crippen LogP contribution in [0.15, 0.2) is 60.9 Å². The van der Waals surface area contributed by atoms with Crippen LogP contribution in [-0.2, 0) is 4.74 Å². The van der Waals surface area contributed by atoms with Crippen LogP contribution in [-0.4, -0.2) is 12.6 Å². The summed E-state index contributed by atoms with van der Waals surface area (Å²) >= 11 is 0. The van der Waals surface area contributed by atoms with Crippen molar-refractivity contribution in [3.63, 3.8) is 0 Å². The fraction of sp³-hybridized carbons (Fsp3) is 0.400. The topological polar surface area (TPSA) is 35.5 Å². The van der Waals surface area contributed by atoms with E-state index < -0.39 is 0 Å². The molecule has 0 bridgehead atoms. The number of benzene rings is 2. The molecule has 0 aliphatic heterocycles. The van der Waals surface area contributed by atoms with Gasteiger partial charge >= 0.3 is 5.97 Å². The first-order chi connectivity index (χ1) is 13.8. The number of hydrogen-bond acceptors (Lipinski definition) is 3. The summed E-state index contributed by atoms with van der Waals surface area (Å²) in [6, 6.07) is 16.8. The Morgan fingerprint density at radius 2 is 1.46 bits per heavy atom. The first kappa shape index (κ1) is 21.7. The number of carbonyl (C=O) groups excluding carboxylic acids is 1. The van der Waals surface area contributed by atoms with Gasteiger partial charge < -0.3 is 9.47 Å². The minimum Gasteiger partial charge on any atom is -0.494 e. The predicted octanol–water partition coefficient (Wildman–Crippen LogP) is 7.03. The Balaban J connectivity index is 1.60. The van der Waals surface area contributed by atoms with Crippen molar-refractivity contribution in [3.8, 4) is 5.75 Å². The van der Waals surface area contributed by atoms with Gasteiger partial charge in [0.05, 0.1) is 18.4 Å². The average molecular weight is 381 g/mol. The Morgan fingerprint density at radius 3 is 2.14 bits per heavy atom. The van der Waals surface area contributed by atoms with E-state index in [2.05, 4.69) is 6.92 Å². The molecule has 0 saturated carbocycles. The van der Waals surface area contributed by atoms with Gasteiger partial charge in [0.1, 0.15) is 5.75 Å². The molecule has 0 atom stereocenters. The van der Waals surface area contributed by atoms with Gasteiger partial charge in [-0.1, -0.05) is 82.2 Å². The first-order valence-electron chi connectivity index (χ1n) is 10.4. The number of unbranched alkanes of at least 4 members (excludes halogenated alkanes) is 7. The van der Waals surface area contributed by atoms with Crippen molar-refractivity contribution in [3.05, 3.63) is 72.0 Å². The third-order valence-electron chi connectivity index (χ3n) is 4.59. The smallest absolute Gasteiger partial charge is 0.342 e. The highest BCUT2D eigenvalue weighted by atomic mass is 16.5. The SMILES string of the molecule is CCCCCCCCCCOc1ccc(C=COC(=O)c2ccccc2)cc1. The maximum absolute atomic E-state index is 11.9. The second-order valence-electron chi connectivity index (χ2n) is 6.97. The van der Waals surface area contributed by atoms with Gasteiger partial charge in [-0.2, -0.15) is 0 Å². The molecule has 2 aromatic carbocycles. The predicted molar refractivity (Wildman–Crippen MR) is 115 cm³/mol. The summed E-state index contributed by atoms with van der Waals surface area (Å²) < 4.78 is 10.9. The summed E-state index contributed by atoms with van der Waals surface area (Å²) in [5.41, 5.74) is 1.50. The van der Waals surface area contributed by atoms with E-state index in [4.69, 9.17) is 9.47 Å². The molecule has 0 aliphatic carbocycles. The Morgan fingerprint density at radius 1 is 0.821 bits per heavy atom. The highest BCUT2D eigenvalue weighted by Crippen LogP contribution is 2.15. The molecule has 0 radical (unpaired) electrons. The van der Waals surface area contributed by atoms with Crippen LogP contribution >= 0.6 is 0 Å². The average Bonchev–Trinajstić information content (AvgIpc) is 2.74. The molecule has 0 amide bonds. The maximum Gasteiger partial charge on any atom is 0.342 e. The molecule has 150 valence electrons. The van der Waals surface area contributed by atoms with Gasteiger partial charge in [0.15, 0.2) is 0 Å². The van der Waals surface area contributed by atoms with Crippen LogP contribution in [0.5, 0.6) is 5.75 Å². The minimum absolute atomic E-state index is 0.359. The fourth-order valence-corrected chi connectivity index (χ4v) is 2.92. The lowest BCUT2D eigenvalue weighted by molar-refractivity contribution is 0.0665. The minimum atomic E-state index is -0.359. The summed E-state index contributed by atoms with van der Waals surface area (Å²) in [5, 5.41) is 0. The molecule has 0 aromatic heterocycles. The molecule has 2 rings (SSSR count). The number of ether oxygens (including phenoxy) is 2.